The minimum absolute atomic E-state index is 0.0893. The average molecular weight is 251 g/mol. The highest BCUT2D eigenvalue weighted by Gasteiger charge is 2.32. The Kier molecular flexibility index (Phi) is 4.48. The molecule has 0 spiro atoms. The third-order valence-corrected chi connectivity index (χ3v) is 3.75. The molecule has 0 fully saturated rings. The van der Waals surface area contributed by atoms with E-state index in [2.05, 4.69) is 11.8 Å². The number of amides is 1. The molecule has 1 N–H and O–H groups in total. The van der Waals surface area contributed by atoms with Crippen LogP contribution in [0.4, 0.5) is 10.5 Å². The number of nitrogens with zero attached hydrogens (tertiary/aromatic N) is 2. The Labute approximate surface area is 109 Å². The molecule has 4 nitrogen and oxygen atoms in total. The quantitative estimate of drug-likeness (QED) is 0.836. The second-order valence-electron chi connectivity index (χ2n) is 5.02. The Hall–Kier alpha value is -1.39. The Bertz CT molecular complexity index is 432. The van der Waals surface area contributed by atoms with Crippen molar-refractivity contribution in [2.45, 2.75) is 19.9 Å². The van der Waals surface area contributed by atoms with E-state index in [1.165, 1.54) is 0 Å². The zero-order chi connectivity index (χ0) is 13.9. The summed E-state index contributed by atoms with van der Waals surface area (Å²) >= 11 is 0. The number of quaternary nitrogens is 1. The molecule has 4 heteroatoms. The van der Waals surface area contributed by atoms with Gasteiger partial charge in [-0.05, 0) is 39.6 Å². The van der Waals surface area contributed by atoms with Gasteiger partial charge in [0, 0.05) is 12.1 Å². The predicted octanol–water partition coefficient (Wildman–Crippen LogP) is 2.94. The van der Waals surface area contributed by atoms with Gasteiger partial charge in [-0.3, -0.25) is 0 Å². The topological polar surface area (TPSA) is 40.5 Å². The molecule has 1 rings (SSSR count). The first-order chi connectivity index (χ1) is 8.32. The minimum atomic E-state index is -0.827. The monoisotopic (exact) mass is 251 g/mol. The van der Waals surface area contributed by atoms with Crippen molar-refractivity contribution < 1.29 is 9.90 Å². The Morgan fingerprint density at radius 2 is 2.06 bits per heavy atom. The van der Waals surface area contributed by atoms with Crippen molar-refractivity contribution in [3.05, 3.63) is 29.8 Å². The maximum absolute atomic E-state index is 11.4. The number of carboxylic acid groups (broad SMARTS) is 1. The molecule has 18 heavy (non-hydrogen) atoms. The Balaban J connectivity index is 3.20. The van der Waals surface area contributed by atoms with E-state index in [9.17, 15) is 9.90 Å². The zero-order valence-corrected chi connectivity index (χ0v) is 11.8. The number of benzene rings is 1. The molecule has 1 aromatic rings. The van der Waals surface area contributed by atoms with Crippen LogP contribution >= 0.6 is 0 Å². The lowest BCUT2D eigenvalue weighted by atomic mass is 10.1. The van der Waals surface area contributed by atoms with Crippen LogP contribution in [0.1, 0.15) is 25.5 Å². The van der Waals surface area contributed by atoms with Crippen LogP contribution in [-0.2, 0) is 0 Å². The maximum atomic E-state index is 11.4. The van der Waals surface area contributed by atoms with E-state index in [-0.39, 0.29) is 10.5 Å². The second-order valence-corrected chi connectivity index (χ2v) is 5.02. The number of hydrogen-bond acceptors (Lipinski definition) is 2. The highest BCUT2D eigenvalue weighted by atomic mass is 16.4. The molecule has 0 aliphatic rings. The molecule has 0 saturated carbocycles. The van der Waals surface area contributed by atoms with Crippen LogP contribution in [0.25, 0.3) is 0 Å². The van der Waals surface area contributed by atoms with E-state index in [0.29, 0.717) is 6.54 Å². The van der Waals surface area contributed by atoms with Crippen molar-refractivity contribution in [2.75, 3.05) is 27.7 Å². The number of rotatable bonds is 4. The molecule has 2 unspecified atom stereocenters. The van der Waals surface area contributed by atoms with E-state index in [0.717, 1.165) is 11.3 Å². The molecule has 1 aromatic carbocycles. The third kappa shape index (κ3) is 2.71. The van der Waals surface area contributed by atoms with Crippen LogP contribution in [0.5, 0.6) is 0 Å². The van der Waals surface area contributed by atoms with Gasteiger partial charge in [0.25, 0.3) is 0 Å². The highest BCUT2D eigenvalue weighted by Crippen LogP contribution is 2.26. The van der Waals surface area contributed by atoms with E-state index in [4.69, 9.17) is 0 Å². The van der Waals surface area contributed by atoms with Crippen molar-refractivity contribution in [3.63, 3.8) is 0 Å². The Morgan fingerprint density at radius 3 is 2.50 bits per heavy atom. The predicted molar refractivity (Wildman–Crippen MR) is 74.8 cm³/mol. The normalized spacial score (nSPS) is 16.3. The van der Waals surface area contributed by atoms with Crippen LogP contribution in [-0.4, -0.2) is 43.8 Å². The van der Waals surface area contributed by atoms with Gasteiger partial charge in [0.2, 0.25) is 0 Å². The summed E-state index contributed by atoms with van der Waals surface area (Å²) in [7, 11) is 5.76. The molecular weight excluding hydrogens is 228 g/mol. The SMILES string of the molecule is CC[N+](C)(C(=O)O)c1cccc(C(C)N(C)C)c1. The molecule has 0 bridgehead atoms. The molecule has 0 aliphatic carbocycles. The first kappa shape index (κ1) is 14.7. The summed E-state index contributed by atoms with van der Waals surface area (Å²) in [5.74, 6) is 0. The molecule has 0 radical (unpaired) electrons. The van der Waals surface area contributed by atoms with Gasteiger partial charge < -0.3 is 10.0 Å². The van der Waals surface area contributed by atoms with Gasteiger partial charge in [-0.15, -0.1) is 0 Å². The lowest BCUT2D eigenvalue weighted by Crippen LogP contribution is -2.49. The van der Waals surface area contributed by atoms with Gasteiger partial charge in [-0.1, -0.05) is 12.1 Å². The molecular formula is C14H23N2O2+. The summed E-state index contributed by atoms with van der Waals surface area (Å²) in [5, 5.41) is 9.39. The maximum Gasteiger partial charge on any atom is 0.518 e. The van der Waals surface area contributed by atoms with Gasteiger partial charge in [0.1, 0.15) is 5.69 Å². The van der Waals surface area contributed by atoms with Crippen molar-refractivity contribution in [1.82, 2.24) is 9.38 Å². The van der Waals surface area contributed by atoms with Crippen molar-refractivity contribution in [1.29, 1.82) is 0 Å². The van der Waals surface area contributed by atoms with Crippen LogP contribution in [0.3, 0.4) is 0 Å². The average Bonchev–Trinajstić information content (AvgIpc) is 2.36. The van der Waals surface area contributed by atoms with Gasteiger partial charge in [0.05, 0.1) is 13.6 Å². The van der Waals surface area contributed by atoms with E-state index in [1.807, 2.05) is 45.3 Å². The fourth-order valence-corrected chi connectivity index (χ4v) is 1.82. The van der Waals surface area contributed by atoms with E-state index >= 15 is 0 Å². The fourth-order valence-electron chi connectivity index (χ4n) is 1.82. The summed E-state index contributed by atoms with van der Waals surface area (Å²) in [5.41, 5.74) is 1.95. The first-order valence-electron chi connectivity index (χ1n) is 6.19. The third-order valence-electron chi connectivity index (χ3n) is 3.75. The van der Waals surface area contributed by atoms with Crippen LogP contribution in [0.2, 0.25) is 0 Å². The number of hydrogen-bond donors (Lipinski definition) is 1. The van der Waals surface area contributed by atoms with Crippen LogP contribution < -0.4 is 4.48 Å². The molecule has 0 aliphatic heterocycles. The summed E-state index contributed by atoms with van der Waals surface area (Å²) in [6.45, 7) is 4.52. The first-order valence-corrected chi connectivity index (χ1v) is 6.19. The van der Waals surface area contributed by atoms with Crippen molar-refractivity contribution >= 4 is 11.8 Å². The van der Waals surface area contributed by atoms with Crippen molar-refractivity contribution in [3.8, 4) is 0 Å². The minimum Gasteiger partial charge on any atom is -0.435 e. The van der Waals surface area contributed by atoms with Gasteiger partial charge in [-0.2, -0.15) is 9.28 Å². The molecule has 2 atom stereocenters. The summed E-state index contributed by atoms with van der Waals surface area (Å²) in [6, 6.07) is 8.10. The second kappa shape index (κ2) is 5.50. The summed E-state index contributed by atoms with van der Waals surface area (Å²) in [4.78, 5) is 13.5. The highest BCUT2D eigenvalue weighted by molar-refractivity contribution is 5.80. The molecule has 0 heterocycles. The van der Waals surface area contributed by atoms with Gasteiger partial charge in [0.15, 0.2) is 0 Å². The lowest BCUT2D eigenvalue weighted by Gasteiger charge is -2.27. The Morgan fingerprint density at radius 1 is 1.44 bits per heavy atom. The molecule has 0 saturated heterocycles. The molecule has 0 aromatic heterocycles. The van der Waals surface area contributed by atoms with E-state index < -0.39 is 6.09 Å². The summed E-state index contributed by atoms with van der Waals surface area (Å²) in [6.07, 6.45) is -0.827. The van der Waals surface area contributed by atoms with Gasteiger partial charge in [-0.25, -0.2) is 0 Å². The molecule has 100 valence electrons. The van der Waals surface area contributed by atoms with Gasteiger partial charge >= 0.3 is 6.09 Å². The number of carbonyl (C=O) groups is 1. The van der Waals surface area contributed by atoms with Crippen LogP contribution in [0.15, 0.2) is 24.3 Å². The summed E-state index contributed by atoms with van der Waals surface area (Å²) < 4.78 is -0.0893. The zero-order valence-electron chi connectivity index (χ0n) is 11.8. The molecule has 1 amide bonds. The van der Waals surface area contributed by atoms with Crippen molar-refractivity contribution in [2.24, 2.45) is 0 Å². The fraction of sp³-hybridized carbons (Fsp3) is 0.500. The largest absolute Gasteiger partial charge is 0.518 e. The van der Waals surface area contributed by atoms with E-state index in [1.54, 1.807) is 7.05 Å². The van der Waals surface area contributed by atoms with Crippen LogP contribution in [0, 0.1) is 0 Å². The standard InChI is InChI=1S/C14H22N2O2/c1-6-16(5,14(17)18)13-9-7-8-12(10-13)11(2)15(3)4/h7-11H,6H2,1-5H3/p+1. The lowest BCUT2D eigenvalue weighted by molar-refractivity contribution is 0.158. The smallest absolute Gasteiger partial charge is 0.435 e.